The number of Topliss-reactive ketones (excluding diaryl/α,β-unsaturated/α-hetero) is 1. The molecular weight excluding hydrogens is 276 g/mol. The van der Waals surface area contributed by atoms with Crippen molar-refractivity contribution in [3.05, 3.63) is 59.2 Å². The number of fused-ring (bicyclic) bond motifs is 1. The summed E-state index contributed by atoms with van der Waals surface area (Å²) in [5.41, 5.74) is 2.72. The van der Waals surface area contributed by atoms with Gasteiger partial charge in [0.1, 0.15) is 11.5 Å². The van der Waals surface area contributed by atoms with Gasteiger partial charge in [0.05, 0.1) is 13.1 Å². The lowest BCUT2D eigenvalue weighted by Gasteiger charge is -2.14. The number of rotatable bonds is 5. The van der Waals surface area contributed by atoms with Gasteiger partial charge in [-0.25, -0.2) is 0 Å². The lowest BCUT2D eigenvalue weighted by atomic mass is 10.1. The van der Waals surface area contributed by atoms with E-state index in [-0.39, 0.29) is 5.78 Å². The number of aromatic amines is 1. The number of H-pyrrole nitrogens is 1. The summed E-state index contributed by atoms with van der Waals surface area (Å²) in [5.74, 6) is 1.89. The van der Waals surface area contributed by atoms with Crippen molar-refractivity contribution < 1.29 is 9.21 Å². The molecule has 3 aromatic rings. The monoisotopic (exact) mass is 296 g/mol. The van der Waals surface area contributed by atoms with Crippen molar-refractivity contribution in [2.45, 2.75) is 20.4 Å². The molecule has 0 bridgehead atoms. The van der Waals surface area contributed by atoms with Crippen LogP contribution in [0.3, 0.4) is 0 Å². The van der Waals surface area contributed by atoms with Crippen LogP contribution in [0.1, 0.15) is 27.6 Å². The summed E-state index contributed by atoms with van der Waals surface area (Å²) in [6, 6.07) is 11.8. The van der Waals surface area contributed by atoms with Crippen molar-refractivity contribution in [2.24, 2.45) is 0 Å². The van der Waals surface area contributed by atoms with Gasteiger partial charge in [0.25, 0.3) is 0 Å². The zero-order chi connectivity index (χ0) is 15.7. The number of likely N-dealkylation sites (N-methyl/N-ethyl adjacent to an activating group) is 1. The molecule has 0 aliphatic carbocycles. The number of benzene rings is 1. The van der Waals surface area contributed by atoms with Crippen LogP contribution >= 0.6 is 0 Å². The van der Waals surface area contributed by atoms with E-state index in [2.05, 4.69) is 4.98 Å². The summed E-state index contributed by atoms with van der Waals surface area (Å²) >= 11 is 0. The molecule has 0 saturated heterocycles. The van der Waals surface area contributed by atoms with Crippen LogP contribution in [0.15, 0.2) is 40.8 Å². The molecule has 0 aliphatic heterocycles. The Bertz CT molecular complexity index is 813. The summed E-state index contributed by atoms with van der Waals surface area (Å²) in [6.45, 7) is 4.86. The molecule has 0 amide bonds. The molecule has 0 saturated carbocycles. The number of carbonyl (C=O) groups excluding carboxylic acids is 1. The fourth-order valence-corrected chi connectivity index (χ4v) is 2.85. The second-order valence-electron chi connectivity index (χ2n) is 5.78. The van der Waals surface area contributed by atoms with Gasteiger partial charge in [-0.3, -0.25) is 9.69 Å². The van der Waals surface area contributed by atoms with E-state index in [1.54, 1.807) is 0 Å². The predicted molar refractivity (Wildman–Crippen MR) is 87.1 cm³/mol. The zero-order valence-corrected chi connectivity index (χ0v) is 13.1. The molecule has 1 aromatic carbocycles. The van der Waals surface area contributed by atoms with E-state index in [1.807, 2.05) is 62.2 Å². The van der Waals surface area contributed by atoms with E-state index in [4.69, 9.17) is 4.42 Å². The number of para-hydroxylation sites is 1. The van der Waals surface area contributed by atoms with Gasteiger partial charge in [0.15, 0.2) is 5.78 Å². The van der Waals surface area contributed by atoms with E-state index < -0.39 is 0 Å². The fourth-order valence-electron chi connectivity index (χ4n) is 2.85. The van der Waals surface area contributed by atoms with Crippen molar-refractivity contribution in [1.82, 2.24) is 9.88 Å². The first-order chi connectivity index (χ1) is 10.5. The van der Waals surface area contributed by atoms with Crippen LogP contribution < -0.4 is 0 Å². The molecule has 0 spiro atoms. The highest BCUT2D eigenvalue weighted by atomic mass is 16.3. The van der Waals surface area contributed by atoms with E-state index in [1.165, 1.54) is 0 Å². The summed E-state index contributed by atoms with van der Waals surface area (Å²) in [7, 11) is 1.93. The van der Waals surface area contributed by atoms with Crippen molar-refractivity contribution in [3.63, 3.8) is 0 Å². The Hall–Kier alpha value is -2.33. The number of ketones is 1. The maximum absolute atomic E-state index is 12.7. The first-order valence-corrected chi connectivity index (χ1v) is 7.39. The van der Waals surface area contributed by atoms with Crippen LogP contribution in [0.5, 0.6) is 0 Å². The third kappa shape index (κ3) is 2.83. The summed E-state index contributed by atoms with van der Waals surface area (Å²) in [5, 5.41) is 0.993. The van der Waals surface area contributed by atoms with Crippen molar-refractivity contribution in [2.75, 3.05) is 13.6 Å². The molecular formula is C18H20N2O2. The molecule has 2 aromatic heterocycles. The Kier molecular flexibility index (Phi) is 3.86. The molecule has 0 aliphatic rings. The number of hydrogen-bond acceptors (Lipinski definition) is 3. The highest BCUT2D eigenvalue weighted by Gasteiger charge is 2.17. The number of nitrogens with zero attached hydrogens (tertiary/aromatic N) is 1. The number of aryl methyl sites for hydroxylation is 2. The number of nitrogens with one attached hydrogen (secondary N) is 1. The van der Waals surface area contributed by atoms with Crippen molar-refractivity contribution in [1.29, 1.82) is 0 Å². The van der Waals surface area contributed by atoms with Gasteiger partial charge in [-0.15, -0.1) is 0 Å². The van der Waals surface area contributed by atoms with E-state index in [0.717, 1.165) is 33.7 Å². The van der Waals surface area contributed by atoms with E-state index in [0.29, 0.717) is 13.1 Å². The van der Waals surface area contributed by atoms with Crippen LogP contribution in [-0.2, 0) is 6.54 Å². The molecule has 0 unspecified atom stereocenters. The summed E-state index contributed by atoms with van der Waals surface area (Å²) in [4.78, 5) is 17.9. The highest BCUT2D eigenvalue weighted by molar-refractivity contribution is 6.10. The largest absolute Gasteiger partial charge is 0.465 e. The second-order valence-corrected chi connectivity index (χ2v) is 5.78. The second kappa shape index (κ2) is 5.81. The lowest BCUT2D eigenvalue weighted by molar-refractivity contribution is 0.0940. The maximum atomic E-state index is 12.7. The van der Waals surface area contributed by atoms with Gasteiger partial charge in [0.2, 0.25) is 0 Å². The third-order valence-corrected chi connectivity index (χ3v) is 3.81. The Labute approximate surface area is 129 Å². The maximum Gasteiger partial charge on any atom is 0.179 e. The van der Waals surface area contributed by atoms with Crippen LogP contribution in [0.2, 0.25) is 0 Å². The Morgan fingerprint density at radius 2 is 1.95 bits per heavy atom. The van der Waals surface area contributed by atoms with Crippen LogP contribution in [-0.4, -0.2) is 29.3 Å². The normalized spacial score (nSPS) is 11.5. The van der Waals surface area contributed by atoms with E-state index in [9.17, 15) is 4.79 Å². The van der Waals surface area contributed by atoms with Gasteiger partial charge in [-0.05, 0) is 39.1 Å². The Morgan fingerprint density at radius 3 is 2.68 bits per heavy atom. The van der Waals surface area contributed by atoms with Gasteiger partial charge in [0, 0.05) is 22.2 Å². The third-order valence-electron chi connectivity index (χ3n) is 3.81. The summed E-state index contributed by atoms with van der Waals surface area (Å²) < 4.78 is 5.56. The zero-order valence-electron chi connectivity index (χ0n) is 13.1. The average molecular weight is 296 g/mol. The fraction of sp³-hybridized carbons (Fsp3) is 0.278. The number of carbonyl (C=O) groups is 1. The highest BCUT2D eigenvalue weighted by Crippen LogP contribution is 2.22. The minimum absolute atomic E-state index is 0.126. The molecule has 0 atom stereocenters. The average Bonchev–Trinajstić information content (AvgIpc) is 3.00. The molecule has 22 heavy (non-hydrogen) atoms. The topological polar surface area (TPSA) is 49.2 Å². The number of furan rings is 1. The molecule has 3 rings (SSSR count). The Morgan fingerprint density at radius 1 is 1.18 bits per heavy atom. The van der Waals surface area contributed by atoms with Crippen LogP contribution in [0.25, 0.3) is 10.9 Å². The predicted octanol–water partition coefficient (Wildman–Crippen LogP) is 3.69. The molecule has 4 nitrogen and oxygen atoms in total. The first-order valence-electron chi connectivity index (χ1n) is 7.39. The molecule has 0 radical (unpaired) electrons. The lowest BCUT2D eigenvalue weighted by Crippen LogP contribution is -2.25. The first kappa shape index (κ1) is 14.6. The minimum Gasteiger partial charge on any atom is -0.465 e. The van der Waals surface area contributed by atoms with Gasteiger partial charge < -0.3 is 9.40 Å². The van der Waals surface area contributed by atoms with Crippen molar-refractivity contribution in [3.8, 4) is 0 Å². The summed E-state index contributed by atoms with van der Waals surface area (Å²) in [6.07, 6.45) is 0. The van der Waals surface area contributed by atoms with Gasteiger partial charge >= 0.3 is 0 Å². The molecule has 4 heteroatoms. The van der Waals surface area contributed by atoms with Crippen LogP contribution in [0.4, 0.5) is 0 Å². The van der Waals surface area contributed by atoms with Crippen molar-refractivity contribution >= 4 is 16.7 Å². The van der Waals surface area contributed by atoms with Gasteiger partial charge in [-0.2, -0.15) is 0 Å². The van der Waals surface area contributed by atoms with E-state index >= 15 is 0 Å². The SMILES string of the molecule is Cc1ccc(CN(C)CC(=O)c2c(C)[nH]c3ccccc23)o1. The molecule has 114 valence electrons. The standard InChI is InChI=1S/C18H20N2O2/c1-12-8-9-14(22-12)10-20(3)11-17(21)18-13(2)19-16-7-5-4-6-15(16)18/h4-9,19H,10-11H2,1-3H3. The smallest absolute Gasteiger partial charge is 0.179 e. The number of hydrogen-bond donors (Lipinski definition) is 1. The molecule has 0 fully saturated rings. The Balaban J connectivity index is 1.77. The minimum atomic E-state index is 0.126. The quantitative estimate of drug-likeness (QED) is 0.730. The molecule has 1 N–H and O–H groups in total. The van der Waals surface area contributed by atoms with Gasteiger partial charge in [-0.1, -0.05) is 18.2 Å². The molecule has 2 heterocycles. The van der Waals surface area contributed by atoms with Crippen LogP contribution in [0, 0.1) is 13.8 Å². The number of aromatic nitrogens is 1.